The van der Waals surface area contributed by atoms with E-state index in [-0.39, 0.29) is 18.0 Å². The molecule has 29 heavy (non-hydrogen) atoms. The Kier molecular flexibility index (Phi) is 5.94. The Morgan fingerprint density at radius 3 is 2.31 bits per heavy atom. The summed E-state index contributed by atoms with van der Waals surface area (Å²) in [7, 11) is 0. The maximum atomic E-state index is 13.3. The second kappa shape index (κ2) is 8.77. The number of amides is 1. The highest BCUT2D eigenvalue weighted by Gasteiger charge is 2.33. The molecule has 5 nitrogen and oxygen atoms in total. The Labute approximate surface area is 173 Å². The molecule has 0 radical (unpaired) electrons. The van der Waals surface area contributed by atoms with E-state index in [2.05, 4.69) is 28.0 Å². The van der Waals surface area contributed by atoms with Crippen LogP contribution in [-0.4, -0.2) is 54.5 Å². The molecular weight excluding hydrogens is 360 g/mol. The van der Waals surface area contributed by atoms with Crippen LogP contribution in [0.5, 0.6) is 0 Å². The number of nitriles is 1. The summed E-state index contributed by atoms with van der Waals surface area (Å²) >= 11 is 0. The molecule has 1 amide bonds. The van der Waals surface area contributed by atoms with Crippen molar-refractivity contribution in [3.8, 4) is 6.07 Å². The molecule has 0 bridgehead atoms. The van der Waals surface area contributed by atoms with Crippen LogP contribution in [0.25, 0.3) is 0 Å². The number of para-hydroxylation sites is 1. The molecule has 1 saturated heterocycles. The first kappa shape index (κ1) is 19.6. The molecule has 5 heteroatoms. The fourth-order valence-corrected chi connectivity index (χ4v) is 4.53. The van der Waals surface area contributed by atoms with Crippen molar-refractivity contribution in [1.82, 2.24) is 9.80 Å². The monoisotopic (exact) mass is 388 g/mol. The number of carbonyl (C=O) groups is 1. The Hall–Kier alpha value is -2.68. The first-order valence-corrected chi connectivity index (χ1v) is 10.5. The highest BCUT2D eigenvalue weighted by molar-refractivity contribution is 5.98. The molecule has 4 rings (SSSR count). The molecule has 0 N–H and O–H groups in total. The number of aryl methyl sites for hydroxylation is 1. The summed E-state index contributed by atoms with van der Waals surface area (Å²) in [5.74, 6) is 0.186. The molecular formula is C24H28N4O. The maximum Gasteiger partial charge on any atom is 0.244 e. The van der Waals surface area contributed by atoms with Crippen LogP contribution in [-0.2, 0) is 11.2 Å². The van der Waals surface area contributed by atoms with Gasteiger partial charge in [-0.05, 0) is 37.0 Å². The van der Waals surface area contributed by atoms with Gasteiger partial charge in [-0.25, -0.2) is 0 Å². The van der Waals surface area contributed by atoms with Crippen molar-refractivity contribution >= 4 is 11.6 Å². The predicted octanol–water partition coefficient (Wildman–Crippen LogP) is 3.24. The first-order valence-electron chi connectivity index (χ1n) is 10.5. The van der Waals surface area contributed by atoms with Gasteiger partial charge in [0.15, 0.2) is 0 Å². The molecule has 0 aliphatic carbocycles. The van der Waals surface area contributed by atoms with Crippen LogP contribution in [0.3, 0.4) is 0 Å². The van der Waals surface area contributed by atoms with Crippen LogP contribution in [0.4, 0.5) is 5.69 Å². The second-order valence-electron chi connectivity index (χ2n) is 7.91. The Morgan fingerprint density at radius 2 is 1.59 bits per heavy atom. The summed E-state index contributed by atoms with van der Waals surface area (Å²) in [6.45, 7) is 6.00. The van der Waals surface area contributed by atoms with E-state index in [1.807, 2.05) is 54.3 Å². The maximum absolute atomic E-state index is 13.3. The summed E-state index contributed by atoms with van der Waals surface area (Å²) in [5, 5.41) is 9.69. The molecule has 0 saturated carbocycles. The molecule has 2 aliphatic rings. The van der Waals surface area contributed by atoms with Crippen molar-refractivity contribution in [2.75, 3.05) is 37.6 Å². The van der Waals surface area contributed by atoms with Gasteiger partial charge in [0.2, 0.25) is 5.91 Å². The lowest BCUT2D eigenvalue weighted by atomic mass is 10.0. The van der Waals surface area contributed by atoms with Gasteiger partial charge in [0.05, 0.1) is 12.1 Å². The minimum Gasteiger partial charge on any atom is -0.311 e. The largest absolute Gasteiger partial charge is 0.311 e. The molecule has 2 aliphatic heterocycles. The third-order valence-electron chi connectivity index (χ3n) is 6.23. The highest BCUT2D eigenvalue weighted by Crippen LogP contribution is 2.28. The van der Waals surface area contributed by atoms with Crippen molar-refractivity contribution in [3.05, 3.63) is 65.7 Å². The first-order chi connectivity index (χ1) is 14.2. The highest BCUT2D eigenvalue weighted by atomic mass is 16.2. The van der Waals surface area contributed by atoms with Crippen LogP contribution in [0.2, 0.25) is 0 Å². The molecule has 0 spiro atoms. The summed E-state index contributed by atoms with van der Waals surface area (Å²) in [6, 6.07) is 20.3. The zero-order valence-corrected chi connectivity index (χ0v) is 17.0. The van der Waals surface area contributed by atoms with Gasteiger partial charge in [0, 0.05) is 38.4 Å². The van der Waals surface area contributed by atoms with Gasteiger partial charge in [-0.1, -0.05) is 48.5 Å². The third kappa shape index (κ3) is 4.05. The van der Waals surface area contributed by atoms with E-state index in [0.29, 0.717) is 0 Å². The molecule has 2 aromatic carbocycles. The van der Waals surface area contributed by atoms with Crippen LogP contribution >= 0.6 is 0 Å². The zero-order valence-electron chi connectivity index (χ0n) is 17.0. The van der Waals surface area contributed by atoms with Gasteiger partial charge < -0.3 is 4.90 Å². The summed E-state index contributed by atoms with van der Waals surface area (Å²) in [5.41, 5.74) is 3.38. The van der Waals surface area contributed by atoms with Gasteiger partial charge in [-0.3, -0.25) is 14.6 Å². The van der Waals surface area contributed by atoms with Gasteiger partial charge in [0.25, 0.3) is 0 Å². The van der Waals surface area contributed by atoms with E-state index in [1.165, 1.54) is 5.56 Å². The second-order valence-corrected chi connectivity index (χ2v) is 7.91. The van der Waals surface area contributed by atoms with Crippen LogP contribution < -0.4 is 4.90 Å². The fourth-order valence-electron chi connectivity index (χ4n) is 4.53. The fraction of sp³-hybridized carbons (Fsp3) is 0.417. The smallest absolute Gasteiger partial charge is 0.244 e. The molecule has 2 aromatic rings. The van der Waals surface area contributed by atoms with Crippen molar-refractivity contribution < 1.29 is 4.79 Å². The number of rotatable bonds is 4. The van der Waals surface area contributed by atoms with Gasteiger partial charge >= 0.3 is 0 Å². The number of anilines is 1. The molecule has 1 fully saturated rings. The topological polar surface area (TPSA) is 50.6 Å². The summed E-state index contributed by atoms with van der Waals surface area (Å²) < 4.78 is 0. The SMILES string of the molecule is CC(C(=O)N1CCCc2ccccc21)N1CCN(C(C#N)c2ccccc2)CC1. The average Bonchev–Trinajstić information content (AvgIpc) is 2.79. The quantitative estimate of drug-likeness (QED) is 0.807. The lowest BCUT2D eigenvalue weighted by molar-refractivity contribution is -0.124. The van der Waals surface area contributed by atoms with Gasteiger partial charge in [-0.2, -0.15) is 5.26 Å². The number of hydrogen-bond donors (Lipinski definition) is 0. The van der Waals surface area contributed by atoms with E-state index < -0.39 is 0 Å². The standard InChI is InChI=1S/C24H28N4O/c1-19(24(29)28-13-7-11-20-10-5-6-12-22(20)28)26-14-16-27(17-15-26)23(18-25)21-8-3-2-4-9-21/h2-6,8-10,12,19,23H,7,11,13-17H2,1H3. The molecule has 0 aromatic heterocycles. The van der Waals surface area contributed by atoms with Crippen molar-refractivity contribution in [1.29, 1.82) is 5.26 Å². The van der Waals surface area contributed by atoms with E-state index >= 15 is 0 Å². The number of benzene rings is 2. The van der Waals surface area contributed by atoms with Crippen molar-refractivity contribution in [2.45, 2.75) is 31.8 Å². The van der Waals surface area contributed by atoms with E-state index in [1.54, 1.807) is 0 Å². The van der Waals surface area contributed by atoms with Gasteiger partial charge in [-0.15, -0.1) is 0 Å². The molecule has 2 heterocycles. The Bertz CT molecular complexity index is 883. The minimum atomic E-state index is -0.224. The average molecular weight is 389 g/mol. The summed E-state index contributed by atoms with van der Waals surface area (Å²) in [4.78, 5) is 19.7. The molecule has 150 valence electrons. The number of hydrogen-bond acceptors (Lipinski definition) is 4. The van der Waals surface area contributed by atoms with E-state index in [9.17, 15) is 10.1 Å². The Morgan fingerprint density at radius 1 is 0.931 bits per heavy atom. The van der Waals surface area contributed by atoms with Crippen molar-refractivity contribution in [3.63, 3.8) is 0 Å². The summed E-state index contributed by atoms with van der Waals surface area (Å²) in [6.07, 6.45) is 2.06. The number of carbonyl (C=O) groups excluding carboxylic acids is 1. The molecule has 2 atom stereocenters. The van der Waals surface area contributed by atoms with Crippen LogP contribution in [0.15, 0.2) is 54.6 Å². The Balaban J connectivity index is 1.40. The normalized spacial score (nSPS) is 19.8. The van der Waals surface area contributed by atoms with Crippen molar-refractivity contribution in [2.24, 2.45) is 0 Å². The number of fused-ring (bicyclic) bond motifs is 1. The lowest BCUT2D eigenvalue weighted by Gasteiger charge is -2.41. The van der Waals surface area contributed by atoms with Gasteiger partial charge in [0.1, 0.15) is 6.04 Å². The predicted molar refractivity (Wildman–Crippen MR) is 115 cm³/mol. The van der Waals surface area contributed by atoms with Crippen LogP contribution in [0.1, 0.15) is 30.5 Å². The minimum absolute atomic E-state index is 0.152. The third-order valence-corrected chi connectivity index (χ3v) is 6.23. The zero-order chi connectivity index (χ0) is 20.2. The van der Waals surface area contributed by atoms with E-state index in [0.717, 1.165) is 56.8 Å². The van der Waals surface area contributed by atoms with E-state index in [4.69, 9.17) is 0 Å². The van der Waals surface area contributed by atoms with Crippen LogP contribution in [0, 0.1) is 11.3 Å². The number of piperazine rings is 1. The molecule has 2 unspecified atom stereocenters. The number of nitrogens with zero attached hydrogens (tertiary/aromatic N) is 4. The lowest BCUT2D eigenvalue weighted by Crippen LogP contribution is -2.55.